The highest BCUT2D eigenvalue weighted by atomic mass is 79.9. The smallest absolute Gasteiger partial charge is 0.324 e. The van der Waals surface area contributed by atoms with Crippen molar-refractivity contribution in [2.24, 2.45) is 5.92 Å². The predicted molar refractivity (Wildman–Crippen MR) is 57.3 cm³/mol. The van der Waals surface area contributed by atoms with Crippen molar-refractivity contribution < 1.29 is 9.59 Å². The molecule has 5 heteroatoms. The average Bonchev–Trinajstić information content (AvgIpc) is 2.32. The lowest BCUT2D eigenvalue weighted by Gasteiger charge is -2.11. The first-order valence-electron chi connectivity index (χ1n) is 4.74. The third kappa shape index (κ3) is 2.47. The lowest BCUT2D eigenvalue weighted by atomic mass is 10.0. The Morgan fingerprint density at radius 3 is 2.64 bits per heavy atom. The third-order valence-electron chi connectivity index (χ3n) is 2.12. The second-order valence-corrected chi connectivity index (χ2v) is 4.60. The second-order valence-electron chi connectivity index (χ2n) is 3.81. The van der Waals surface area contributed by atoms with Crippen LogP contribution in [-0.2, 0) is 4.79 Å². The zero-order valence-electron chi connectivity index (χ0n) is 8.42. The topological polar surface area (TPSA) is 49.4 Å². The minimum atomic E-state index is -0.318. The van der Waals surface area contributed by atoms with E-state index in [-0.39, 0.29) is 18.0 Å². The molecule has 4 nitrogen and oxygen atoms in total. The van der Waals surface area contributed by atoms with Crippen molar-refractivity contribution in [3.63, 3.8) is 0 Å². The van der Waals surface area contributed by atoms with Crippen LogP contribution in [0.4, 0.5) is 4.79 Å². The predicted octanol–water partition coefficient (Wildman–Crippen LogP) is 1.35. The molecule has 1 aliphatic heterocycles. The molecule has 0 aromatic heterocycles. The molecule has 1 saturated heterocycles. The first-order chi connectivity index (χ1) is 6.56. The van der Waals surface area contributed by atoms with E-state index in [1.165, 1.54) is 4.90 Å². The van der Waals surface area contributed by atoms with E-state index < -0.39 is 0 Å². The van der Waals surface area contributed by atoms with Crippen molar-refractivity contribution in [1.82, 2.24) is 10.2 Å². The molecular weight excluding hydrogens is 248 g/mol. The van der Waals surface area contributed by atoms with Crippen molar-refractivity contribution in [2.45, 2.75) is 26.3 Å². The first kappa shape index (κ1) is 11.5. The Balaban J connectivity index is 2.59. The van der Waals surface area contributed by atoms with Gasteiger partial charge in [-0.05, 0) is 12.3 Å². The van der Waals surface area contributed by atoms with Crippen LogP contribution in [-0.4, -0.2) is 34.8 Å². The molecule has 1 N–H and O–H groups in total. The van der Waals surface area contributed by atoms with Crippen LogP contribution in [0, 0.1) is 5.92 Å². The normalized spacial score (nSPS) is 22.0. The summed E-state index contributed by atoms with van der Waals surface area (Å²) in [7, 11) is 0. The van der Waals surface area contributed by atoms with Crippen LogP contribution >= 0.6 is 15.9 Å². The first-order valence-corrected chi connectivity index (χ1v) is 5.86. The molecule has 0 aromatic rings. The number of hydrogen-bond acceptors (Lipinski definition) is 2. The molecule has 0 radical (unpaired) electrons. The largest absolute Gasteiger partial charge is 0.326 e. The van der Waals surface area contributed by atoms with Crippen LogP contribution in [0.25, 0.3) is 0 Å². The molecule has 80 valence electrons. The molecule has 1 rings (SSSR count). The van der Waals surface area contributed by atoms with Gasteiger partial charge in [-0.2, -0.15) is 0 Å². The highest BCUT2D eigenvalue weighted by molar-refractivity contribution is 9.09. The maximum absolute atomic E-state index is 11.7. The van der Waals surface area contributed by atoms with Gasteiger partial charge in [-0.1, -0.05) is 29.8 Å². The fourth-order valence-corrected chi connectivity index (χ4v) is 1.86. The molecule has 1 aliphatic rings. The van der Waals surface area contributed by atoms with Gasteiger partial charge in [0.25, 0.3) is 5.91 Å². The lowest BCUT2D eigenvalue weighted by molar-refractivity contribution is -0.127. The molecule has 1 fully saturated rings. The number of carbonyl (C=O) groups is 2. The van der Waals surface area contributed by atoms with Gasteiger partial charge in [0.15, 0.2) is 0 Å². The summed E-state index contributed by atoms with van der Waals surface area (Å²) in [5, 5.41) is 3.31. The number of halogens is 1. The number of hydrogen-bond donors (Lipinski definition) is 1. The number of nitrogens with one attached hydrogen (secondary N) is 1. The van der Waals surface area contributed by atoms with Gasteiger partial charge in [-0.3, -0.25) is 9.69 Å². The molecule has 14 heavy (non-hydrogen) atoms. The SMILES string of the molecule is CC(C)CC1NC(=O)N(CCBr)C1=O. The quantitative estimate of drug-likeness (QED) is 0.614. The summed E-state index contributed by atoms with van der Waals surface area (Å²) in [6, 6.07) is -0.582. The van der Waals surface area contributed by atoms with Crippen molar-refractivity contribution in [2.75, 3.05) is 11.9 Å². The summed E-state index contributed by atoms with van der Waals surface area (Å²) in [6.45, 7) is 4.51. The lowest BCUT2D eigenvalue weighted by Crippen LogP contribution is -2.33. The fourth-order valence-electron chi connectivity index (χ4n) is 1.50. The maximum atomic E-state index is 11.7. The van der Waals surface area contributed by atoms with Gasteiger partial charge in [0.2, 0.25) is 0 Å². The van der Waals surface area contributed by atoms with Crippen molar-refractivity contribution in [3.05, 3.63) is 0 Å². The molecule has 1 atom stereocenters. The van der Waals surface area contributed by atoms with E-state index in [9.17, 15) is 9.59 Å². The summed E-state index contributed by atoms with van der Waals surface area (Å²) < 4.78 is 0. The van der Waals surface area contributed by atoms with E-state index in [0.717, 1.165) is 0 Å². The number of imide groups is 1. The van der Waals surface area contributed by atoms with Gasteiger partial charge in [-0.15, -0.1) is 0 Å². The Morgan fingerprint density at radius 2 is 2.14 bits per heavy atom. The Kier molecular flexibility index (Phi) is 3.92. The van der Waals surface area contributed by atoms with Gasteiger partial charge in [0, 0.05) is 11.9 Å². The van der Waals surface area contributed by atoms with Crippen LogP contribution in [0.2, 0.25) is 0 Å². The maximum Gasteiger partial charge on any atom is 0.324 e. The monoisotopic (exact) mass is 262 g/mol. The molecule has 0 aromatic carbocycles. The zero-order chi connectivity index (χ0) is 10.7. The molecule has 1 heterocycles. The third-order valence-corrected chi connectivity index (χ3v) is 2.48. The van der Waals surface area contributed by atoms with Crippen molar-refractivity contribution in [3.8, 4) is 0 Å². The van der Waals surface area contributed by atoms with Crippen LogP contribution in [0.3, 0.4) is 0 Å². The standard InChI is InChI=1S/C9H15BrN2O2/c1-6(2)5-7-8(13)12(4-3-10)9(14)11-7/h6-7H,3-5H2,1-2H3,(H,11,14). The second kappa shape index (κ2) is 4.77. The van der Waals surface area contributed by atoms with Gasteiger partial charge in [-0.25, -0.2) is 4.79 Å². The molecular formula is C9H15BrN2O2. The van der Waals surface area contributed by atoms with Gasteiger partial charge < -0.3 is 5.32 Å². The van der Waals surface area contributed by atoms with Crippen LogP contribution in [0.15, 0.2) is 0 Å². The number of rotatable bonds is 4. The van der Waals surface area contributed by atoms with E-state index in [2.05, 4.69) is 21.2 Å². The Labute approximate surface area is 92.2 Å². The van der Waals surface area contributed by atoms with Gasteiger partial charge in [0.05, 0.1) is 0 Å². The van der Waals surface area contributed by atoms with Crippen molar-refractivity contribution >= 4 is 27.9 Å². The highest BCUT2D eigenvalue weighted by Crippen LogP contribution is 2.13. The number of nitrogens with zero attached hydrogens (tertiary/aromatic N) is 1. The van der Waals surface area contributed by atoms with E-state index in [1.807, 2.05) is 13.8 Å². The van der Waals surface area contributed by atoms with Gasteiger partial charge >= 0.3 is 6.03 Å². The Morgan fingerprint density at radius 1 is 1.50 bits per heavy atom. The van der Waals surface area contributed by atoms with Crippen LogP contribution in [0.1, 0.15) is 20.3 Å². The summed E-state index contributed by atoms with van der Waals surface area (Å²) >= 11 is 3.21. The fraction of sp³-hybridized carbons (Fsp3) is 0.778. The number of alkyl halides is 1. The number of carbonyl (C=O) groups excluding carboxylic acids is 2. The molecule has 0 aliphatic carbocycles. The number of amides is 3. The Bertz CT molecular complexity index is 243. The van der Waals surface area contributed by atoms with E-state index in [4.69, 9.17) is 0 Å². The molecule has 3 amide bonds. The minimum Gasteiger partial charge on any atom is -0.326 e. The molecule has 0 spiro atoms. The van der Waals surface area contributed by atoms with Crippen LogP contribution in [0.5, 0.6) is 0 Å². The molecule has 1 unspecified atom stereocenters. The number of urea groups is 1. The summed E-state index contributed by atoms with van der Waals surface area (Å²) in [6.07, 6.45) is 0.712. The minimum absolute atomic E-state index is 0.0943. The average molecular weight is 263 g/mol. The Hall–Kier alpha value is -0.580. The van der Waals surface area contributed by atoms with Crippen molar-refractivity contribution in [1.29, 1.82) is 0 Å². The summed E-state index contributed by atoms with van der Waals surface area (Å²) in [5.74, 6) is 0.316. The molecule has 0 saturated carbocycles. The summed E-state index contributed by atoms with van der Waals surface area (Å²) in [4.78, 5) is 24.3. The van der Waals surface area contributed by atoms with Gasteiger partial charge in [0.1, 0.15) is 6.04 Å². The molecule has 0 bridgehead atoms. The summed E-state index contributed by atoms with van der Waals surface area (Å²) in [5.41, 5.74) is 0. The van der Waals surface area contributed by atoms with E-state index >= 15 is 0 Å². The van der Waals surface area contributed by atoms with Crippen LogP contribution < -0.4 is 5.32 Å². The van der Waals surface area contributed by atoms with E-state index in [1.54, 1.807) is 0 Å². The zero-order valence-corrected chi connectivity index (χ0v) is 10.0. The highest BCUT2D eigenvalue weighted by Gasteiger charge is 2.37. The van der Waals surface area contributed by atoms with E-state index in [0.29, 0.717) is 24.2 Å².